The molecule has 0 radical (unpaired) electrons. The molecule has 24 heavy (non-hydrogen) atoms. The van der Waals surface area contributed by atoms with Crippen molar-refractivity contribution in [3.63, 3.8) is 0 Å². The van der Waals surface area contributed by atoms with E-state index in [4.69, 9.17) is 9.15 Å². The Morgan fingerprint density at radius 1 is 1.08 bits per heavy atom. The second-order valence-corrected chi connectivity index (χ2v) is 6.05. The van der Waals surface area contributed by atoms with E-state index in [9.17, 15) is 9.59 Å². The van der Waals surface area contributed by atoms with Gasteiger partial charge in [0.15, 0.2) is 0 Å². The third-order valence-corrected chi connectivity index (χ3v) is 3.94. The van der Waals surface area contributed by atoms with Gasteiger partial charge in [-0.2, -0.15) is 0 Å². The summed E-state index contributed by atoms with van der Waals surface area (Å²) in [6.07, 6.45) is 0. The van der Waals surface area contributed by atoms with Crippen LogP contribution >= 0.6 is 0 Å². The minimum atomic E-state index is -0.710. The highest BCUT2D eigenvalue weighted by molar-refractivity contribution is 5.94. The van der Waals surface area contributed by atoms with Crippen LogP contribution in [0.3, 0.4) is 0 Å². The van der Waals surface area contributed by atoms with Crippen molar-refractivity contribution in [2.75, 3.05) is 0 Å². The highest BCUT2D eigenvalue weighted by Crippen LogP contribution is 2.25. The molecule has 0 bridgehead atoms. The Labute approximate surface area is 139 Å². The minimum Gasteiger partial charge on any atom is -0.422 e. The van der Waals surface area contributed by atoms with E-state index >= 15 is 0 Å². The summed E-state index contributed by atoms with van der Waals surface area (Å²) in [6.45, 7) is 5.98. The molecule has 0 aliphatic heterocycles. The van der Waals surface area contributed by atoms with E-state index in [0.717, 1.165) is 11.1 Å². The zero-order valence-corrected chi connectivity index (χ0v) is 13.8. The summed E-state index contributed by atoms with van der Waals surface area (Å²) >= 11 is 0. The number of rotatable bonds is 3. The molecule has 0 unspecified atom stereocenters. The number of carbonyl (C=O) groups is 1. The molecule has 4 heteroatoms. The van der Waals surface area contributed by atoms with Crippen LogP contribution in [-0.2, 0) is 0 Å². The number of hydrogen-bond donors (Lipinski definition) is 0. The lowest BCUT2D eigenvalue weighted by Gasteiger charge is -2.11. The average Bonchev–Trinajstić information content (AvgIpc) is 2.55. The monoisotopic (exact) mass is 322 g/mol. The first kappa shape index (κ1) is 16.0. The van der Waals surface area contributed by atoms with Gasteiger partial charge in [-0.25, -0.2) is 9.59 Å². The summed E-state index contributed by atoms with van der Waals surface area (Å²) < 4.78 is 10.6. The van der Waals surface area contributed by atoms with Crippen LogP contribution in [0.15, 0.2) is 57.7 Å². The van der Waals surface area contributed by atoms with Crippen LogP contribution in [0.25, 0.3) is 11.0 Å². The fourth-order valence-electron chi connectivity index (χ4n) is 2.44. The van der Waals surface area contributed by atoms with Gasteiger partial charge in [-0.3, -0.25) is 0 Å². The van der Waals surface area contributed by atoms with Gasteiger partial charge in [0.2, 0.25) is 0 Å². The highest BCUT2D eigenvalue weighted by Gasteiger charge is 2.17. The van der Waals surface area contributed by atoms with Crippen molar-refractivity contribution in [2.45, 2.75) is 26.7 Å². The van der Waals surface area contributed by atoms with Crippen LogP contribution in [0.1, 0.15) is 41.3 Å². The van der Waals surface area contributed by atoms with Gasteiger partial charge >= 0.3 is 11.6 Å². The molecule has 0 aliphatic carbocycles. The summed E-state index contributed by atoms with van der Waals surface area (Å²) in [7, 11) is 0. The van der Waals surface area contributed by atoms with E-state index in [-0.39, 0.29) is 5.56 Å². The van der Waals surface area contributed by atoms with Crippen LogP contribution in [0, 0.1) is 6.92 Å². The van der Waals surface area contributed by atoms with Gasteiger partial charge in [-0.15, -0.1) is 0 Å². The third-order valence-electron chi connectivity index (χ3n) is 3.94. The number of fused-ring (bicyclic) bond motifs is 1. The molecule has 122 valence electrons. The molecule has 1 aromatic heterocycles. The average molecular weight is 322 g/mol. The van der Waals surface area contributed by atoms with E-state index in [1.54, 1.807) is 18.2 Å². The molecule has 3 aromatic rings. The van der Waals surface area contributed by atoms with Gasteiger partial charge in [0.25, 0.3) is 0 Å². The molecule has 0 aliphatic rings. The Balaban J connectivity index is 1.97. The molecule has 0 fully saturated rings. The predicted octanol–water partition coefficient (Wildman–Crippen LogP) is 4.44. The Bertz CT molecular complexity index is 967. The largest absolute Gasteiger partial charge is 0.422 e. The Hall–Kier alpha value is -2.88. The predicted molar refractivity (Wildman–Crippen MR) is 92.7 cm³/mol. The first-order valence-corrected chi connectivity index (χ1v) is 7.81. The Morgan fingerprint density at radius 2 is 1.83 bits per heavy atom. The molecule has 0 saturated carbocycles. The normalized spacial score (nSPS) is 11.0. The first-order chi connectivity index (χ1) is 11.5. The Kier molecular flexibility index (Phi) is 4.21. The lowest BCUT2D eigenvalue weighted by molar-refractivity contribution is 0.0729. The van der Waals surface area contributed by atoms with Gasteiger partial charge in [-0.1, -0.05) is 44.2 Å². The van der Waals surface area contributed by atoms with E-state index < -0.39 is 11.6 Å². The second kappa shape index (κ2) is 6.32. The van der Waals surface area contributed by atoms with Crippen LogP contribution in [0.4, 0.5) is 0 Å². The molecular weight excluding hydrogens is 304 g/mol. The second-order valence-electron chi connectivity index (χ2n) is 6.05. The van der Waals surface area contributed by atoms with Gasteiger partial charge in [-0.05, 0) is 42.2 Å². The van der Waals surface area contributed by atoms with Gasteiger partial charge < -0.3 is 9.15 Å². The minimum absolute atomic E-state index is 0.108. The summed E-state index contributed by atoms with van der Waals surface area (Å²) in [6, 6.07) is 14.3. The third kappa shape index (κ3) is 3.08. The van der Waals surface area contributed by atoms with Gasteiger partial charge in [0.1, 0.15) is 16.9 Å². The molecule has 3 rings (SSSR count). The van der Waals surface area contributed by atoms with Gasteiger partial charge in [0, 0.05) is 5.39 Å². The molecule has 0 spiro atoms. The molecule has 4 nitrogen and oxygen atoms in total. The number of aryl methyl sites for hydroxylation is 1. The molecule has 0 atom stereocenters. The van der Waals surface area contributed by atoms with Crippen LogP contribution in [-0.4, -0.2) is 5.97 Å². The van der Waals surface area contributed by atoms with Crippen molar-refractivity contribution in [1.29, 1.82) is 0 Å². The summed E-state index contributed by atoms with van der Waals surface area (Å²) in [5.74, 6) is 0.0612. The van der Waals surface area contributed by atoms with E-state index in [1.807, 2.05) is 31.2 Å². The summed E-state index contributed by atoms with van der Waals surface area (Å²) in [5.41, 5.74) is 1.53. The van der Waals surface area contributed by atoms with Crippen molar-refractivity contribution in [2.24, 2.45) is 0 Å². The molecule has 0 N–H and O–H groups in total. The fraction of sp³-hybridized carbons (Fsp3) is 0.200. The van der Waals surface area contributed by atoms with Crippen molar-refractivity contribution in [3.05, 3.63) is 75.6 Å². The van der Waals surface area contributed by atoms with Crippen molar-refractivity contribution in [3.8, 4) is 5.75 Å². The maximum atomic E-state index is 12.4. The van der Waals surface area contributed by atoms with Crippen LogP contribution in [0.2, 0.25) is 0 Å². The number of carbonyl (C=O) groups excluding carboxylic acids is 1. The summed E-state index contributed by atoms with van der Waals surface area (Å²) in [4.78, 5) is 24.5. The zero-order valence-electron chi connectivity index (χ0n) is 13.8. The highest BCUT2D eigenvalue weighted by atomic mass is 16.5. The standard InChI is InChI=1S/C20H18O4/c1-12(2)14-9-8-13(3)18(11-14)24-20(22)16-10-15-6-4-5-7-17(15)23-19(16)21/h4-12H,1-3H3. The zero-order chi connectivity index (χ0) is 17.3. The SMILES string of the molecule is Cc1ccc(C(C)C)cc1OC(=O)c1cc2ccccc2oc1=O. The maximum Gasteiger partial charge on any atom is 0.351 e. The lowest BCUT2D eigenvalue weighted by atomic mass is 10.0. The number of ether oxygens (including phenoxy) is 1. The molecule has 2 aromatic carbocycles. The quantitative estimate of drug-likeness (QED) is 0.406. The molecule has 1 heterocycles. The Morgan fingerprint density at radius 3 is 2.58 bits per heavy atom. The fourth-order valence-corrected chi connectivity index (χ4v) is 2.44. The number of hydrogen-bond acceptors (Lipinski definition) is 4. The summed E-state index contributed by atoms with van der Waals surface area (Å²) in [5, 5.41) is 0.678. The number of benzene rings is 2. The number of para-hydroxylation sites is 1. The van der Waals surface area contributed by atoms with Crippen LogP contribution < -0.4 is 10.4 Å². The van der Waals surface area contributed by atoms with Gasteiger partial charge in [0.05, 0.1) is 0 Å². The molecular formula is C20H18O4. The lowest BCUT2D eigenvalue weighted by Crippen LogP contribution is -2.19. The first-order valence-electron chi connectivity index (χ1n) is 7.81. The topological polar surface area (TPSA) is 56.5 Å². The van der Waals surface area contributed by atoms with E-state index in [2.05, 4.69) is 13.8 Å². The van der Waals surface area contributed by atoms with E-state index in [1.165, 1.54) is 6.07 Å². The molecule has 0 saturated heterocycles. The van der Waals surface area contributed by atoms with Crippen molar-refractivity contribution in [1.82, 2.24) is 0 Å². The van der Waals surface area contributed by atoms with E-state index in [0.29, 0.717) is 22.6 Å². The maximum absolute atomic E-state index is 12.4. The van der Waals surface area contributed by atoms with Crippen LogP contribution in [0.5, 0.6) is 5.75 Å². The smallest absolute Gasteiger partial charge is 0.351 e. The van der Waals surface area contributed by atoms with Crippen molar-refractivity contribution >= 4 is 16.9 Å². The molecule has 0 amide bonds. The van der Waals surface area contributed by atoms with Crippen molar-refractivity contribution < 1.29 is 13.9 Å². The number of esters is 1.